The van der Waals surface area contributed by atoms with Gasteiger partial charge in [0.05, 0.1) is 6.54 Å². The second-order valence-electron chi connectivity index (χ2n) is 6.91. The summed E-state index contributed by atoms with van der Waals surface area (Å²) < 4.78 is 5.25. The minimum absolute atomic E-state index is 0.108. The molecule has 1 aliphatic rings. The highest BCUT2D eigenvalue weighted by Crippen LogP contribution is 2.24. The fourth-order valence-corrected chi connectivity index (χ4v) is 3.96. The quantitative estimate of drug-likeness (QED) is 0.642. The van der Waals surface area contributed by atoms with Crippen LogP contribution in [-0.4, -0.2) is 39.4 Å². The maximum absolute atomic E-state index is 12.9. The molecule has 1 saturated heterocycles. The molecule has 2 aromatic carbocycles. The molecule has 1 aromatic heterocycles. The molecule has 0 bridgehead atoms. The van der Waals surface area contributed by atoms with Crippen molar-refractivity contribution in [3.63, 3.8) is 0 Å². The molecule has 1 N–H and O–H groups in total. The molecule has 4 rings (SSSR count). The van der Waals surface area contributed by atoms with Crippen molar-refractivity contribution in [2.45, 2.75) is 25.4 Å². The number of nitrogens with one attached hydrogen (secondary N) is 1. The molecule has 154 valence electrons. The number of halogens is 2. The molecule has 0 spiro atoms. The van der Waals surface area contributed by atoms with Gasteiger partial charge in [-0.15, -0.1) is 0 Å². The predicted molar refractivity (Wildman–Crippen MR) is 112 cm³/mol. The normalized spacial score (nSPS) is 15.9. The lowest BCUT2D eigenvalue weighted by Gasteiger charge is -2.24. The molecule has 1 aliphatic heterocycles. The highest BCUT2D eigenvalue weighted by molar-refractivity contribution is 6.35. The van der Waals surface area contributed by atoms with E-state index in [0.29, 0.717) is 40.3 Å². The van der Waals surface area contributed by atoms with Gasteiger partial charge in [0.25, 0.3) is 11.8 Å². The molecule has 30 heavy (non-hydrogen) atoms. The van der Waals surface area contributed by atoms with Gasteiger partial charge in [-0.2, -0.15) is 4.98 Å². The minimum Gasteiger partial charge on any atom is -0.347 e. The van der Waals surface area contributed by atoms with E-state index in [4.69, 9.17) is 27.7 Å². The van der Waals surface area contributed by atoms with Gasteiger partial charge < -0.3 is 14.7 Å². The van der Waals surface area contributed by atoms with Crippen LogP contribution in [0.15, 0.2) is 53.1 Å². The summed E-state index contributed by atoms with van der Waals surface area (Å²) in [6.45, 7) is 0.595. The monoisotopic (exact) mass is 444 g/mol. The molecule has 0 saturated carbocycles. The van der Waals surface area contributed by atoms with Crippen molar-refractivity contribution in [3.8, 4) is 11.5 Å². The molecule has 1 unspecified atom stereocenters. The van der Waals surface area contributed by atoms with E-state index >= 15 is 0 Å². The Kier molecular flexibility index (Phi) is 6.01. The summed E-state index contributed by atoms with van der Waals surface area (Å²) in [5.41, 5.74) is 1.16. The lowest BCUT2D eigenvalue weighted by Crippen LogP contribution is -2.45. The number of aromatic nitrogens is 2. The van der Waals surface area contributed by atoms with Gasteiger partial charge in [0, 0.05) is 27.7 Å². The summed E-state index contributed by atoms with van der Waals surface area (Å²) in [5.74, 6) is 0.207. The lowest BCUT2D eigenvalue weighted by atomic mass is 10.1. The molecule has 1 atom stereocenters. The van der Waals surface area contributed by atoms with Crippen molar-refractivity contribution in [2.24, 2.45) is 0 Å². The molecule has 7 nitrogen and oxygen atoms in total. The summed E-state index contributed by atoms with van der Waals surface area (Å²) >= 11 is 12.0. The molecular formula is C21H18Cl2N4O3. The van der Waals surface area contributed by atoms with Gasteiger partial charge in [0.1, 0.15) is 6.04 Å². The van der Waals surface area contributed by atoms with Crippen LogP contribution in [-0.2, 0) is 11.3 Å². The number of carbonyl (C=O) groups excluding carboxylic acids is 2. The van der Waals surface area contributed by atoms with E-state index in [-0.39, 0.29) is 18.4 Å². The Balaban J connectivity index is 1.40. The fraction of sp³-hybridized carbons (Fsp3) is 0.238. The SMILES string of the molecule is O=C(NCc1noc(-c2ccccc2)n1)C1CCCN1C(=O)c1cc(Cl)cc(Cl)c1. The van der Waals surface area contributed by atoms with E-state index in [2.05, 4.69) is 15.5 Å². The molecule has 1 fully saturated rings. The highest BCUT2D eigenvalue weighted by Gasteiger charge is 2.34. The Morgan fingerprint density at radius 1 is 1.13 bits per heavy atom. The van der Waals surface area contributed by atoms with Crippen LogP contribution in [0.4, 0.5) is 0 Å². The van der Waals surface area contributed by atoms with E-state index < -0.39 is 6.04 Å². The van der Waals surface area contributed by atoms with Crippen molar-refractivity contribution < 1.29 is 14.1 Å². The lowest BCUT2D eigenvalue weighted by molar-refractivity contribution is -0.125. The molecule has 2 amide bonds. The topological polar surface area (TPSA) is 88.3 Å². The van der Waals surface area contributed by atoms with E-state index in [1.54, 1.807) is 23.1 Å². The zero-order valence-corrected chi connectivity index (χ0v) is 17.4. The molecule has 0 radical (unpaired) electrons. The van der Waals surface area contributed by atoms with E-state index in [0.717, 1.165) is 12.0 Å². The number of amides is 2. The standard InChI is InChI=1S/C21H18Cl2N4O3/c22-15-9-14(10-16(23)11-15)21(29)27-8-4-7-17(27)19(28)24-12-18-25-20(30-26-18)13-5-2-1-3-6-13/h1-3,5-6,9-11,17H,4,7-8,12H2,(H,24,28). The van der Waals surface area contributed by atoms with Gasteiger partial charge in [-0.3, -0.25) is 9.59 Å². The van der Waals surface area contributed by atoms with Crippen LogP contribution in [0.5, 0.6) is 0 Å². The third kappa shape index (κ3) is 4.47. The van der Waals surface area contributed by atoms with Crippen LogP contribution < -0.4 is 5.32 Å². The van der Waals surface area contributed by atoms with Crippen molar-refractivity contribution in [3.05, 3.63) is 70.0 Å². The fourth-order valence-electron chi connectivity index (χ4n) is 3.43. The largest absolute Gasteiger partial charge is 0.347 e. The number of nitrogens with zero attached hydrogens (tertiary/aromatic N) is 3. The van der Waals surface area contributed by atoms with E-state index in [9.17, 15) is 9.59 Å². The summed E-state index contributed by atoms with van der Waals surface area (Å²) in [7, 11) is 0. The summed E-state index contributed by atoms with van der Waals surface area (Å²) in [6.07, 6.45) is 1.31. The van der Waals surface area contributed by atoms with Gasteiger partial charge >= 0.3 is 0 Å². The number of hydrogen-bond donors (Lipinski definition) is 1. The maximum atomic E-state index is 12.9. The number of rotatable bonds is 5. The van der Waals surface area contributed by atoms with Gasteiger partial charge in [-0.25, -0.2) is 0 Å². The van der Waals surface area contributed by atoms with Crippen molar-refractivity contribution >= 4 is 35.0 Å². The summed E-state index contributed by atoms with van der Waals surface area (Å²) in [5, 5.41) is 7.44. The Morgan fingerprint density at radius 2 is 1.87 bits per heavy atom. The van der Waals surface area contributed by atoms with Crippen LogP contribution >= 0.6 is 23.2 Å². The number of benzene rings is 2. The van der Waals surface area contributed by atoms with Crippen LogP contribution in [0.1, 0.15) is 29.0 Å². The molecule has 0 aliphatic carbocycles. The van der Waals surface area contributed by atoms with Gasteiger partial charge in [-0.05, 0) is 43.2 Å². The zero-order chi connectivity index (χ0) is 21.1. The summed E-state index contributed by atoms with van der Waals surface area (Å²) in [6, 6.07) is 13.5. The average Bonchev–Trinajstić information content (AvgIpc) is 3.41. The predicted octanol–water partition coefficient (Wildman–Crippen LogP) is 3.96. The first-order valence-corrected chi connectivity index (χ1v) is 10.2. The van der Waals surface area contributed by atoms with Crippen LogP contribution in [0, 0.1) is 0 Å². The first-order chi connectivity index (χ1) is 14.5. The smallest absolute Gasteiger partial charge is 0.257 e. The molecule has 9 heteroatoms. The van der Waals surface area contributed by atoms with Crippen LogP contribution in [0.25, 0.3) is 11.5 Å². The molecular weight excluding hydrogens is 427 g/mol. The second kappa shape index (κ2) is 8.85. The van der Waals surface area contributed by atoms with Gasteiger partial charge in [0.15, 0.2) is 5.82 Å². The third-order valence-corrected chi connectivity index (χ3v) is 5.27. The van der Waals surface area contributed by atoms with Crippen molar-refractivity contribution in [1.29, 1.82) is 0 Å². The number of carbonyl (C=O) groups is 2. The Bertz CT molecular complexity index is 1050. The Labute approximate surface area is 183 Å². The zero-order valence-electron chi connectivity index (χ0n) is 15.8. The Hall–Kier alpha value is -2.90. The maximum Gasteiger partial charge on any atom is 0.257 e. The van der Waals surface area contributed by atoms with E-state index in [1.807, 2.05) is 30.3 Å². The van der Waals surface area contributed by atoms with Crippen molar-refractivity contribution in [2.75, 3.05) is 6.54 Å². The second-order valence-corrected chi connectivity index (χ2v) is 7.79. The number of likely N-dealkylation sites (tertiary alicyclic amines) is 1. The number of hydrogen-bond acceptors (Lipinski definition) is 5. The minimum atomic E-state index is -0.573. The molecule has 2 heterocycles. The van der Waals surface area contributed by atoms with Crippen LogP contribution in [0.2, 0.25) is 10.0 Å². The highest BCUT2D eigenvalue weighted by atomic mass is 35.5. The van der Waals surface area contributed by atoms with E-state index in [1.165, 1.54) is 0 Å². The average molecular weight is 445 g/mol. The summed E-state index contributed by atoms with van der Waals surface area (Å²) in [4.78, 5) is 31.5. The first-order valence-electron chi connectivity index (χ1n) is 9.44. The van der Waals surface area contributed by atoms with Crippen molar-refractivity contribution in [1.82, 2.24) is 20.4 Å². The van der Waals surface area contributed by atoms with Gasteiger partial charge in [-0.1, -0.05) is 46.6 Å². The first kappa shape index (κ1) is 20.4. The third-order valence-electron chi connectivity index (χ3n) is 4.84. The molecule has 3 aromatic rings. The van der Waals surface area contributed by atoms with Crippen LogP contribution in [0.3, 0.4) is 0 Å². The Morgan fingerprint density at radius 3 is 2.60 bits per heavy atom. The van der Waals surface area contributed by atoms with Gasteiger partial charge in [0.2, 0.25) is 5.91 Å².